The highest BCUT2D eigenvalue weighted by Crippen LogP contribution is 2.39. The van der Waals surface area contributed by atoms with Crippen LogP contribution in [-0.2, 0) is 0 Å². The first-order chi connectivity index (χ1) is 12.2. The third-order valence-electron chi connectivity index (χ3n) is 6.67. The van der Waals surface area contributed by atoms with Crippen molar-refractivity contribution < 1.29 is 0 Å². The summed E-state index contributed by atoms with van der Waals surface area (Å²) >= 11 is 0. The standard InChI is InChI=1S/C25H42/c1-5-8-10-11-21-13-15-23(16-14-21)25-18-17-24(19-20(25)4)22(7-3)12-9-6-2/h17-19,21-23H,5-16H2,1-4H3. The molecule has 0 aliphatic heterocycles. The van der Waals surface area contributed by atoms with Gasteiger partial charge in [0.15, 0.2) is 0 Å². The predicted molar refractivity (Wildman–Crippen MR) is 113 cm³/mol. The van der Waals surface area contributed by atoms with E-state index in [1.807, 2.05) is 0 Å². The highest BCUT2D eigenvalue weighted by molar-refractivity contribution is 5.35. The van der Waals surface area contributed by atoms with Gasteiger partial charge in [-0.05, 0) is 79.9 Å². The maximum Gasteiger partial charge on any atom is -0.0159 e. The number of unbranched alkanes of at least 4 members (excludes halogenated alkanes) is 3. The van der Waals surface area contributed by atoms with Gasteiger partial charge < -0.3 is 0 Å². The molecule has 142 valence electrons. The summed E-state index contributed by atoms with van der Waals surface area (Å²) in [6.45, 7) is 9.33. The lowest BCUT2D eigenvalue weighted by Crippen LogP contribution is -2.14. The smallest absolute Gasteiger partial charge is 0.0159 e. The normalized spacial score (nSPS) is 22.1. The number of hydrogen-bond acceptors (Lipinski definition) is 0. The van der Waals surface area contributed by atoms with Crippen molar-refractivity contribution in [1.82, 2.24) is 0 Å². The fraction of sp³-hybridized carbons (Fsp3) is 0.760. The Labute approximate surface area is 157 Å². The summed E-state index contributed by atoms with van der Waals surface area (Å²) in [7, 11) is 0. The van der Waals surface area contributed by atoms with Gasteiger partial charge in [-0.2, -0.15) is 0 Å². The molecule has 1 fully saturated rings. The van der Waals surface area contributed by atoms with Crippen LogP contribution in [0.25, 0.3) is 0 Å². The first-order valence-electron chi connectivity index (χ1n) is 11.3. The van der Waals surface area contributed by atoms with Gasteiger partial charge in [-0.3, -0.25) is 0 Å². The number of rotatable bonds is 10. The Morgan fingerprint density at radius 2 is 1.64 bits per heavy atom. The van der Waals surface area contributed by atoms with Crippen molar-refractivity contribution in [2.75, 3.05) is 0 Å². The summed E-state index contributed by atoms with van der Waals surface area (Å²) in [4.78, 5) is 0. The van der Waals surface area contributed by atoms with Crippen LogP contribution in [-0.4, -0.2) is 0 Å². The molecule has 1 aromatic carbocycles. The van der Waals surface area contributed by atoms with Crippen LogP contribution in [0, 0.1) is 12.8 Å². The minimum Gasteiger partial charge on any atom is -0.0654 e. The van der Waals surface area contributed by atoms with E-state index in [9.17, 15) is 0 Å². The van der Waals surface area contributed by atoms with Crippen LogP contribution in [0.15, 0.2) is 18.2 Å². The van der Waals surface area contributed by atoms with E-state index in [1.54, 1.807) is 16.7 Å². The Morgan fingerprint density at radius 1 is 0.920 bits per heavy atom. The second kappa shape index (κ2) is 11.0. The largest absolute Gasteiger partial charge is 0.0654 e. The molecule has 25 heavy (non-hydrogen) atoms. The first kappa shape index (κ1) is 20.5. The molecule has 0 aromatic heterocycles. The monoisotopic (exact) mass is 342 g/mol. The summed E-state index contributed by atoms with van der Waals surface area (Å²) in [5, 5.41) is 0. The summed E-state index contributed by atoms with van der Waals surface area (Å²) in [6.07, 6.45) is 16.8. The molecule has 0 saturated heterocycles. The van der Waals surface area contributed by atoms with Crippen molar-refractivity contribution in [2.45, 2.75) is 117 Å². The molecule has 0 bridgehead atoms. The lowest BCUT2D eigenvalue weighted by Gasteiger charge is -2.30. The molecular weight excluding hydrogens is 300 g/mol. The fourth-order valence-electron chi connectivity index (χ4n) is 4.91. The predicted octanol–water partition coefficient (Wildman–Crippen LogP) is 8.53. The average molecular weight is 343 g/mol. The van der Waals surface area contributed by atoms with E-state index in [4.69, 9.17) is 0 Å². The van der Waals surface area contributed by atoms with Crippen molar-refractivity contribution in [1.29, 1.82) is 0 Å². The van der Waals surface area contributed by atoms with Crippen LogP contribution < -0.4 is 0 Å². The Bertz CT molecular complexity index is 479. The molecule has 1 saturated carbocycles. The second-order valence-corrected chi connectivity index (χ2v) is 8.58. The highest BCUT2D eigenvalue weighted by Gasteiger charge is 2.23. The van der Waals surface area contributed by atoms with Crippen LogP contribution in [0.2, 0.25) is 0 Å². The Morgan fingerprint density at radius 3 is 2.24 bits per heavy atom. The molecule has 1 aromatic rings. The van der Waals surface area contributed by atoms with E-state index < -0.39 is 0 Å². The van der Waals surface area contributed by atoms with Crippen LogP contribution in [0.3, 0.4) is 0 Å². The zero-order valence-electron chi connectivity index (χ0n) is 17.4. The Balaban J connectivity index is 1.92. The molecular formula is C25H42. The van der Waals surface area contributed by atoms with E-state index in [2.05, 4.69) is 45.9 Å². The van der Waals surface area contributed by atoms with Crippen molar-refractivity contribution >= 4 is 0 Å². The molecule has 0 N–H and O–H groups in total. The van der Waals surface area contributed by atoms with Crippen LogP contribution in [0.5, 0.6) is 0 Å². The molecule has 0 heterocycles. The number of benzene rings is 1. The van der Waals surface area contributed by atoms with Crippen LogP contribution in [0.1, 0.15) is 126 Å². The molecule has 1 aliphatic rings. The van der Waals surface area contributed by atoms with Gasteiger partial charge in [0.2, 0.25) is 0 Å². The molecule has 0 heteroatoms. The number of hydrogen-bond donors (Lipinski definition) is 0. The lowest BCUT2D eigenvalue weighted by molar-refractivity contribution is 0.302. The lowest BCUT2D eigenvalue weighted by atomic mass is 9.75. The first-order valence-corrected chi connectivity index (χ1v) is 11.3. The minimum absolute atomic E-state index is 0.766. The van der Waals surface area contributed by atoms with E-state index in [0.717, 1.165) is 17.8 Å². The van der Waals surface area contributed by atoms with Gasteiger partial charge in [-0.15, -0.1) is 0 Å². The summed E-state index contributed by atoms with van der Waals surface area (Å²) in [5.74, 6) is 2.61. The quantitative estimate of drug-likeness (QED) is 0.374. The van der Waals surface area contributed by atoms with Crippen molar-refractivity contribution in [2.24, 2.45) is 5.92 Å². The zero-order chi connectivity index (χ0) is 18.1. The minimum atomic E-state index is 0.766. The third-order valence-corrected chi connectivity index (χ3v) is 6.67. The topological polar surface area (TPSA) is 0 Å². The van der Waals surface area contributed by atoms with E-state index in [1.165, 1.54) is 77.0 Å². The van der Waals surface area contributed by atoms with Gasteiger partial charge in [0.25, 0.3) is 0 Å². The van der Waals surface area contributed by atoms with Crippen LogP contribution in [0.4, 0.5) is 0 Å². The molecule has 0 radical (unpaired) electrons. The average Bonchev–Trinajstić information content (AvgIpc) is 2.63. The Kier molecular flexibility index (Phi) is 9.07. The van der Waals surface area contributed by atoms with Crippen LogP contribution >= 0.6 is 0 Å². The van der Waals surface area contributed by atoms with Gasteiger partial charge in [-0.1, -0.05) is 77.5 Å². The molecule has 0 spiro atoms. The second-order valence-electron chi connectivity index (χ2n) is 8.58. The molecule has 0 nitrogen and oxygen atoms in total. The SMILES string of the molecule is CCCCCC1CCC(c2ccc(C(CC)CCCC)cc2C)CC1. The molecule has 0 amide bonds. The molecule has 1 atom stereocenters. The van der Waals surface area contributed by atoms with Gasteiger partial charge in [0, 0.05) is 0 Å². The fourth-order valence-corrected chi connectivity index (χ4v) is 4.91. The van der Waals surface area contributed by atoms with Gasteiger partial charge in [0.05, 0.1) is 0 Å². The van der Waals surface area contributed by atoms with Gasteiger partial charge >= 0.3 is 0 Å². The van der Waals surface area contributed by atoms with E-state index in [-0.39, 0.29) is 0 Å². The van der Waals surface area contributed by atoms with Crippen molar-refractivity contribution in [3.05, 3.63) is 34.9 Å². The summed E-state index contributed by atoms with van der Waals surface area (Å²) in [6, 6.07) is 7.47. The van der Waals surface area contributed by atoms with E-state index >= 15 is 0 Å². The van der Waals surface area contributed by atoms with Crippen molar-refractivity contribution in [3.63, 3.8) is 0 Å². The molecule has 2 rings (SSSR count). The number of aryl methyl sites for hydroxylation is 1. The molecule has 1 aliphatic carbocycles. The van der Waals surface area contributed by atoms with E-state index in [0.29, 0.717) is 0 Å². The highest BCUT2D eigenvalue weighted by atomic mass is 14.3. The maximum absolute atomic E-state index is 2.52. The summed E-state index contributed by atoms with van der Waals surface area (Å²) in [5.41, 5.74) is 4.80. The van der Waals surface area contributed by atoms with Gasteiger partial charge in [0.1, 0.15) is 0 Å². The van der Waals surface area contributed by atoms with Gasteiger partial charge in [-0.25, -0.2) is 0 Å². The molecule has 1 unspecified atom stereocenters. The third kappa shape index (κ3) is 6.15. The van der Waals surface area contributed by atoms with Crippen molar-refractivity contribution in [3.8, 4) is 0 Å². The Hall–Kier alpha value is -0.780. The zero-order valence-corrected chi connectivity index (χ0v) is 17.4. The maximum atomic E-state index is 2.52. The summed E-state index contributed by atoms with van der Waals surface area (Å²) < 4.78 is 0.